The minimum atomic E-state index is 0.422. The molecule has 3 aromatic rings. The summed E-state index contributed by atoms with van der Waals surface area (Å²) in [6.45, 7) is 6.82. The molecule has 0 aliphatic heterocycles. The Morgan fingerprint density at radius 2 is 1.96 bits per heavy atom. The van der Waals surface area contributed by atoms with E-state index in [-0.39, 0.29) is 0 Å². The number of benzene rings is 1. The summed E-state index contributed by atoms with van der Waals surface area (Å²) < 4.78 is 7.48. The van der Waals surface area contributed by atoms with Gasteiger partial charge in [0.1, 0.15) is 0 Å². The molecule has 0 spiro atoms. The van der Waals surface area contributed by atoms with E-state index in [9.17, 15) is 0 Å². The number of nitrogens with zero attached hydrogens (tertiary/aromatic N) is 5. The summed E-state index contributed by atoms with van der Waals surface area (Å²) in [6, 6.07) is 5.37. The molecule has 3 rings (SSSR count). The molecule has 0 fully saturated rings. The van der Waals surface area contributed by atoms with E-state index in [1.54, 1.807) is 19.1 Å². The van der Waals surface area contributed by atoms with Crippen molar-refractivity contribution in [1.29, 1.82) is 0 Å². The summed E-state index contributed by atoms with van der Waals surface area (Å²) in [6.07, 6.45) is 0. The normalized spacial score (nSPS) is 11.4. The summed E-state index contributed by atoms with van der Waals surface area (Å²) in [7, 11) is 0. The molecule has 0 saturated heterocycles. The van der Waals surface area contributed by atoms with Crippen molar-refractivity contribution < 1.29 is 4.42 Å². The monoisotopic (exact) mass is 397 g/mol. The van der Waals surface area contributed by atoms with E-state index in [2.05, 4.69) is 38.8 Å². The van der Waals surface area contributed by atoms with E-state index in [0.29, 0.717) is 33.5 Å². The predicted molar refractivity (Wildman–Crippen MR) is 98.9 cm³/mol. The topological polar surface area (TPSA) is 69.6 Å². The Bertz CT molecular complexity index is 877. The van der Waals surface area contributed by atoms with Gasteiger partial charge in [0, 0.05) is 24.1 Å². The van der Waals surface area contributed by atoms with Gasteiger partial charge < -0.3 is 8.98 Å². The van der Waals surface area contributed by atoms with Crippen LogP contribution in [0.4, 0.5) is 0 Å². The van der Waals surface area contributed by atoms with Crippen molar-refractivity contribution in [3.63, 3.8) is 0 Å². The van der Waals surface area contributed by atoms with Crippen LogP contribution in [0.2, 0.25) is 10.0 Å². The van der Waals surface area contributed by atoms with Gasteiger partial charge in [-0.2, -0.15) is 0 Å². The van der Waals surface area contributed by atoms with Gasteiger partial charge in [-0.3, -0.25) is 0 Å². The SMILES string of the molecule is Cc1nnc(CSc2nnc(-c3ccc(Cl)cc3Cl)n2CC(C)C)o1. The molecule has 0 aliphatic rings. The molecule has 0 saturated carbocycles. The van der Waals surface area contributed by atoms with Gasteiger partial charge in [-0.05, 0) is 24.1 Å². The van der Waals surface area contributed by atoms with Crippen molar-refractivity contribution in [3.8, 4) is 11.4 Å². The third kappa shape index (κ3) is 4.34. The number of thioether (sulfide) groups is 1. The highest BCUT2D eigenvalue weighted by Crippen LogP contribution is 2.32. The van der Waals surface area contributed by atoms with Gasteiger partial charge in [0.25, 0.3) is 0 Å². The fraction of sp³-hybridized carbons (Fsp3) is 0.375. The van der Waals surface area contributed by atoms with Gasteiger partial charge in [0.15, 0.2) is 11.0 Å². The largest absolute Gasteiger partial charge is 0.425 e. The minimum Gasteiger partial charge on any atom is -0.425 e. The summed E-state index contributed by atoms with van der Waals surface area (Å²) in [5.74, 6) is 2.79. The molecule has 25 heavy (non-hydrogen) atoms. The maximum Gasteiger partial charge on any atom is 0.226 e. The molecule has 0 atom stereocenters. The fourth-order valence-electron chi connectivity index (χ4n) is 2.32. The number of hydrogen-bond donors (Lipinski definition) is 0. The molecule has 2 aromatic heterocycles. The second-order valence-electron chi connectivity index (χ2n) is 5.94. The quantitative estimate of drug-likeness (QED) is 0.551. The standard InChI is InChI=1S/C16H17Cl2N5OS/c1-9(2)7-23-15(12-5-4-11(17)6-13(12)18)21-22-16(23)25-8-14-20-19-10(3)24-14/h4-6,9H,7-8H2,1-3H3. The number of hydrogen-bond acceptors (Lipinski definition) is 6. The van der Waals surface area contributed by atoms with Gasteiger partial charge in [0.2, 0.25) is 11.8 Å². The average molecular weight is 398 g/mol. The highest BCUT2D eigenvalue weighted by atomic mass is 35.5. The second-order valence-corrected chi connectivity index (χ2v) is 7.72. The van der Waals surface area contributed by atoms with Crippen molar-refractivity contribution in [1.82, 2.24) is 25.0 Å². The first-order valence-corrected chi connectivity index (χ1v) is 9.48. The number of aromatic nitrogens is 5. The molecule has 0 radical (unpaired) electrons. The maximum absolute atomic E-state index is 6.35. The molecule has 0 N–H and O–H groups in total. The lowest BCUT2D eigenvalue weighted by Gasteiger charge is -2.13. The van der Waals surface area contributed by atoms with Crippen LogP contribution in [-0.2, 0) is 12.3 Å². The van der Waals surface area contributed by atoms with Crippen molar-refractivity contribution in [3.05, 3.63) is 40.0 Å². The lowest BCUT2D eigenvalue weighted by atomic mass is 10.2. The smallest absolute Gasteiger partial charge is 0.226 e. The van der Waals surface area contributed by atoms with Crippen molar-refractivity contribution in [2.24, 2.45) is 5.92 Å². The zero-order valence-corrected chi connectivity index (χ0v) is 16.4. The maximum atomic E-state index is 6.35. The lowest BCUT2D eigenvalue weighted by Crippen LogP contribution is -2.08. The predicted octanol–water partition coefficient (Wildman–Crippen LogP) is 4.89. The summed E-state index contributed by atoms with van der Waals surface area (Å²) in [5, 5.41) is 18.4. The zero-order valence-electron chi connectivity index (χ0n) is 14.0. The van der Waals surface area contributed by atoms with Crippen LogP contribution in [0.3, 0.4) is 0 Å². The number of rotatable bonds is 6. The number of halogens is 2. The van der Waals surface area contributed by atoms with Gasteiger partial charge in [-0.25, -0.2) is 0 Å². The highest BCUT2D eigenvalue weighted by Gasteiger charge is 2.18. The van der Waals surface area contributed by atoms with Crippen LogP contribution >= 0.6 is 35.0 Å². The van der Waals surface area contributed by atoms with E-state index < -0.39 is 0 Å². The molecule has 0 aliphatic carbocycles. The summed E-state index contributed by atoms with van der Waals surface area (Å²) >= 11 is 13.9. The fourth-order valence-corrected chi connectivity index (χ4v) is 3.60. The summed E-state index contributed by atoms with van der Waals surface area (Å²) in [5.41, 5.74) is 0.805. The Kier molecular flexibility index (Phi) is 5.66. The molecular weight excluding hydrogens is 381 g/mol. The van der Waals surface area contributed by atoms with Crippen molar-refractivity contribution in [2.75, 3.05) is 0 Å². The number of aryl methyl sites for hydroxylation is 1. The van der Waals surface area contributed by atoms with Crippen molar-refractivity contribution in [2.45, 2.75) is 38.2 Å². The zero-order chi connectivity index (χ0) is 18.0. The van der Waals surface area contributed by atoms with Gasteiger partial charge in [-0.1, -0.05) is 48.8 Å². The van der Waals surface area contributed by atoms with E-state index in [1.165, 1.54) is 11.8 Å². The van der Waals surface area contributed by atoms with E-state index in [4.69, 9.17) is 27.6 Å². The van der Waals surface area contributed by atoms with Gasteiger partial charge in [0.05, 0.1) is 10.8 Å². The molecule has 0 unspecified atom stereocenters. The molecule has 6 nitrogen and oxygen atoms in total. The van der Waals surface area contributed by atoms with Gasteiger partial charge in [-0.15, -0.1) is 20.4 Å². The Labute approximate surface area is 159 Å². The molecule has 0 amide bonds. The third-order valence-corrected chi connectivity index (χ3v) is 4.83. The molecule has 132 valence electrons. The first kappa shape index (κ1) is 18.2. The Morgan fingerprint density at radius 1 is 1.16 bits per heavy atom. The van der Waals surface area contributed by atoms with E-state index in [0.717, 1.165) is 23.1 Å². The lowest BCUT2D eigenvalue weighted by molar-refractivity contribution is 0.483. The van der Waals surface area contributed by atoms with Crippen LogP contribution in [0.1, 0.15) is 25.6 Å². The minimum absolute atomic E-state index is 0.422. The van der Waals surface area contributed by atoms with Crippen LogP contribution in [0.25, 0.3) is 11.4 Å². The van der Waals surface area contributed by atoms with Crippen LogP contribution in [-0.4, -0.2) is 25.0 Å². The highest BCUT2D eigenvalue weighted by molar-refractivity contribution is 7.98. The Morgan fingerprint density at radius 3 is 2.60 bits per heavy atom. The van der Waals surface area contributed by atoms with E-state index in [1.807, 2.05) is 6.07 Å². The van der Waals surface area contributed by atoms with Crippen LogP contribution in [0.5, 0.6) is 0 Å². The molecular formula is C16H17Cl2N5OS. The third-order valence-electron chi connectivity index (χ3n) is 3.33. The molecule has 9 heteroatoms. The first-order valence-electron chi connectivity index (χ1n) is 7.74. The Balaban J connectivity index is 1.92. The Hall–Kier alpha value is -1.57. The van der Waals surface area contributed by atoms with Crippen LogP contribution in [0, 0.1) is 12.8 Å². The van der Waals surface area contributed by atoms with Gasteiger partial charge >= 0.3 is 0 Å². The molecule has 2 heterocycles. The second kappa shape index (κ2) is 7.76. The molecule has 1 aromatic carbocycles. The first-order chi connectivity index (χ1) is 11.9. The van der Waals surface area contributed by atoms with E-state index >= 15 is 0 Å². The van der Waals surface area contributed by atoms with Crippen LogP contribution < -0.4 is 0 Å². The molecule has 0 bridgehead atoms. The van der Waals surface area contributed by atoms with Crippen LogP contribution in [0.15, 0.2) is 27.8 Å². The summed E-state index contributed by atoms with van der Waals surface area (Å²) in [4.78, 5) is 0. The average Bonchev–Trinajstić information content (AvgIpc) is 3.12. The van der Waals surface area contributed by atoms with Crippen molar-refractivity contribution >= 4 is 35.0 Å².